The first-order valence-corrected chi connectivity index (χ1v) is 10.6. The molecule has 0 unspecified atom stereocenters. The lowest BCUT2D eigenvalue weighted by Gasteiger charge is -2.36. The summed E-state index contributed by atoms with van der Waals surface area (Å²) in [6.07, 6.45) is 4.10. The second kappa shape index (κ2) is 9.40. The monoisotopic (exact) mass is 540 g/mol. The highest BCUT2D eigenvalue weighted by Gasteiger charge is 2.21. The van der Waals surface area contributed by atoms with Crippen molar-refractivity contribution in [2.45, 2.75) is 13.1 Å². The van der Waals surface area contributed by atoms with Gasteiger partial charge in [0.15, 0.2) is 22.4 Å². The highest BCUT2D eigenvalue weighted by molar-refractivity contribution is 14.0. The van der Waals surface area contributed by atoms with Crippen LogP contribution in [0.5, 0.6) is 11.5 Å². The molecule has 0 saturated carbocycles. The van der Waals surface area contributed by atoms with Crippen LogP contribution in [-0.2, 0) is 13.1 Å². The van der Waals surface area contributed by atoms with Crippen molar-refractivity contribution in [3.8, 4) is 11.5 Å². The maximum Gasteiger partial charge on any atom is 0.231 e. The number of aliphatic imine (C=N–C) groups is 1. The second-order valence-electron chi connectivity index (χ2n) is 7.18. The van der Waals surface area contributed by atoms with Crippen LogP contribution in [0.25, 0.3) is 4.96 Å². The SMILES string of the molecule is CN=C(NCc1cn2ccsc2n1)N1CCN(Cc2ccc3c(c2)OCO3)CC1.I. The molecule has 1 aromatic carbocycles. The third kappa shape index (κ3) is 4.49. The number of halogens is 1. The standard InChI is InChI=1S/C20H24N6O2S.HI/c1-21-19(22-11-16-13-26-8-9-29-20(26)23-16)25-6-4-24(5-7-25)12-15-2-3-17-18(10-15)28-14-27-17;/h2-3,8-10,13H,4-7,11-12,14H2,1H3,(H,21,22);1H. The lowest BCUT2D eigenvalue weighted by Crippen LogP contribution is -2.52. The minimum atomic E-state index is 0. The Hall–Kier alpha value is -2.05. The first-order valence-electron chi connectivity index (χ1n) is 9.76. The molecule has 1 saturated heterocycles. The lowest BCUT2D eigenvalue weighted by molar-refractivity contribution is 0.171. The molecule has 1 fully saturated rings. The molecule has 10 heteroatoms. The Morgan fingerprint density at radius 3 is 2.83 bits per heavy atom. The topological polar surface area (TPSA) is 66.6 Å². The Labute approximate surface area is 196 Å². The average Bonchev–Trinajstić information content (AvgIpc) is 3.45. The van der Waals surface area contributed by atoms with Gasteiger partial charge in [0, 0.05) is 57.5 Å². The summed E-state index contributed by atoms with van der Waals surface area (Å²) >= 11 is 1.65. The number of guanidine groups is 1. The van der Waals surface area contributed by atoms with Gasteiger partial charge in [0.1, 0.15) is 0 Å². The van der Waals surface area contributed by atoms with Crippen LogP contribution in [0.3, 0.4) is 0 Å². The number of hydrogen-bond donors (Lipinski definition) is 1. The van der Waals surface area contributed by atoms with E-state index in [9.17, 15) is 0 Å². The van der Waals surface area contributed by atoms with Crippen LogP contribution in [0.15, 0.2) is 41.0 Å². The van der Waals surface area contributed by atoms with Gasteiger partial charge in [-0.15, -0.1) is 35.3 Å². The molecule has 0 aliphatic carbocycles. The third-order valence-corrected chi connectivity index (χ3v) is 6.07. The van der Waals surface area contributed by atoms with E-state index in [1.54, 1.807) is 11.3 Å². The second-order valence-corrected chi connectivity index (χ2v) is 8.05. The molecule has 0 radical (unpaired) electrons. The lowest BCUT2D eigenvalue weighted by atomic mass is 10.1. The van der Waals surface area contributed by atoms with Gasteiger partial charge < -0.3 is 19.7 Å². The van der Waals surface area contributed by atoms with E-state index in [4.69, 9.17) is 9.47 Å². The van der Waals surface area contributed by atoms with E-state index in [2.05, 4.69) is 47.8 Å². The zero-order valence-corrected chi connectivity index (χ0v) is 19.9. The molecular formula is C20H25IN6O2S. The van der Waals surface area contributed by atoms with Crippen molar-refractivity contribution in [3.05, 3.63) is 47.2 Å². The van der Waals surface area contributed by atoms with Crippen molar-refractivity contribution >= 4 is 46.2 Å². The summed E-state index contributed by atoms with van der Waals surface area (Å²) in [7, 11) is 1.84. The van der Waals surface area contributed by atoms with Crippen LogP contribution in [0.1, 0.15) is 11.3 Å². The molecule has 4 heterocycles. The van der Waals surface area contributed by atoms with E-state index in [0.29, 0.717) is 13.3 Å². The maximum atomic E-state index is 5.49. The smallest absolute Gasteiger partial charge is 0.231 e. The van der Waals surface area contributed by atoms with Crippen molar-refractivity contribution in [2.24, 2.45) is 4.99 Å². The predicted octanol–water partition coefficient (Wildman–Crippen LogP) is 2.64. The summed E-state index contributed by atoms with van der Waals surface area (Å²) in [4.78, 5) is 14.9. The molecule has 2 aromatic heterocycles. The molecule has 0 amide bonds. The van der Waals surface area contributed by atoms with Gasteiger partial charge in [0.2, 0.25) is 6.79 Å². The van der Waals surface area contributed by atoms with Gasteiger partial charge >= 0.3 is 0 Å². The summed E-state index contributed by atoms with van der Waals surface area (Å²) in [6.45, 7) is 5.80. The number of nitrogens with zero attached hydrogens (tertiary/aromatic N) is 5. The van der Waals surface area contributed by atoms with Crippen LogP contribution < -0.4 is 14.8 Å². The average molecular weight is 540 g/mol. The molecule has 1 N–H and O–H groups in total. The quantitative estimate of drug-likeness (QED) is 0.312. The van der Waals surface area contributed by atoms with Gasteiger partial charge in [-0.2, -0.15) is 0 Å². The molecule has 2 aliphatic rings. The molecule has 30 heavy (non-hydrogen) atoms. The molecule has 160 valence electrons. The molecule has 3 aromatic rings. The Morgan fingerprint density at radius 2 is 2.03 bits per heavy atom. The summed E-state index contributed by atoms with van der Waals surface area (Å²) in [6, 6.07) is 6.21. The molecule has 0 bridgehead atoms. The summed E-state index contributed by atoms with van der Waals surface area (Å²) < 4.78 is 12.9. The number of nitrogens with one attached hydrogen (secondary N) is 1. The number of imidazole rings is 1. The van der Waals surface area contributed by atoms with Crippen molar-refractivity contribution in [1.82, 2.24) is 24.5 Å². The van der Waals surface area contributed by atoms with Crippen LogP contribution in [0.2, 0.25) is 0 Å². The maximum absolute atomic E-state index is 5.49. The molecule has 5 rings (SSSR count). The van der Waals surface area contributed by atoms with Gasteiger partial charge in [-0.1, -0.05) is 6.07 Å². The van der Waals surface area contributed by atoms with Crippen LogP contribution in [0.4, 0.5) is 0 Å². The van der Waals surface area contributed by atoms with Gasteiger partial charge in [0.25, 0.3) is 0 Å². The summed E-state index contributed by atoms with van der Waals surface area (Å²) in [5, 5.41) is 5.50. The highest BCUT2D eigenvalue weighted by atomic mass is 127. The minimum absolute atomic E-state index is 0. The van der Waals surface area contributed by atoms with E-state index >= 15 is 0 Å². The molecular weight excluding hydrogens is 515 g/mol. The van der Waals surface area contributed by atoms with Crippen LogP contribution >= 0.6 is 35.3 Å². The minimum Gasteiger partial charge on any atom is -0.454 e. The normalized spacial score (nSPS) is 16.7. The highest BCUT2D eigenvalue weighted by Crippen LogP contribution is 2.32. The molecule has 0 atom stereocenters. The van der Waals surface area contributed by atoms with E-state index in [1.807, 2.05) is 24.7 Å². The number of piperazine rings is 1. The third-order valence-electron chi connectivity index (χ3n) is 5.30. The number of hydrogen-bond acceptors (Lipinski definition) is 6. The summed E-state index contributed by atoms with van der Waals surface area (Å²) in [5.41, 5.74) is 2.28. The number of thiazole rings is 1. The zero-order chi connectivity index (χ0) is 19.6. The van der Waals surface area contributed by atoms with Crippen LogP contribution in [0, 0.1) is 0 Å². The Morgan fingerprint density at radius 1 is 1.20 bits per heavy atom. The number of benzene rings is 1. The number of aromatic nitrogens is 2. The number of rotatable bonds is 4. The van der Waals surface area contributed by atoms with Gasteiger partial charge in [-0.3, -0.25) is 14.3 Å². The molecule has 0 spiro atoms. The van der Waals surface area contributed by atoms with Crippen molar-refractivity contribution < 1.29 is 9.47 Å². The van der Waals surface area contributed by atoms with Crippen molar-refractivity contribution in [3.63, 3.8) is 0 Å². The summed E-state index contributed by atoms with van der Waals surface area (Å²) in [5.74, 6) is 2.62. The fraction of sp³-hybridized carbons (Fsp3) is 0.400. The fourth-order valence-electron chi connectivity index (χ4n) is 3.78. The van der Waals surface area contributed by atoms with E-state index in [1.165, 1.54) is 5.56 Å². The van der Waals surface area contributed by atoms with Gasteiger partial charge in [-0.05, 0) is 17.7 Å². The van der Waals surface area contributed by atoms with Gasteiger partial charge in [0.05, 0.1) is 12.2 Å². The van der Waals surface area contributed by atoms with E-state index in [0.717, 1.165) is 60.8 Å². The van der Waals surface area contributed by atoms with Crippen molar-refractivity contribution in [1.29, 1.82) is 0 Å². The van der Waals surface area contributed by atoms with Crippen LogP contribution in [-0.4, -0.2) is 65.2 Å². The fourth-order valence-corrected chi connectivity index (χ4v) is 4.50. The predicted molar refractivity (Wildman–Crippen MR) is 128 cm³/mol. The Kier molecular flexibility index (Phi) is 6.64. The first-order chi connectivity index (χ1) is 14.3. The van der Waals surface area contributed by atoms with E-state index < -0.39 is 0 Å². The number of fused-ring (bicyclic) bond motifs is 2. The number of ether oxygens (including phenoxy) is 2. The molecule has 2 aliphatic heterocycles. The van der Waals surface area contributed by atoms with Gasteiger partial charge in [-0.25, -0.2) is 4.98 Å². The van der Waals surface area contributed by atoms with E-state index in [-0.39, 0.29) is 24.0 Å². The zero-order valence-electron chi connectivity index (χ0n) is 16.8. The Balaban J connectivity index is 0.00000218. The Bertz CT molecular complexity index is 999. The first kappa shape index (κ1) is 21.2. The molecule has 8 nitrogen and oxygen atoms in total. The largest absolute Gasteiger partial charge is 0.454 e. The van der Waals surface area contributed by atoms with Crippen molar-refractivity contribution in [2.75, 3.05) is 40.0 Å².